The molecule has 1 aliphatic heterocycles. The van der Waals surface area contributed by atoms with Crippen molar-refractivity contribution in [2.24, 2.45) is 0 Å². The smallest absolute Gasteiger partial charge is 0.266 e. The van der Waals surface area contributed by atoms with Crippen LogP contribution in [0.25, 0.3) is 0 Å². The summed E-state index contributed by atoms with van der Waals surface area (Å²) in [6.07, 6.45) is 1.19. The van der Waals surface area contributed by atoms with Crippen LogP contribution in [0.2, 0.25) is 0 Å². The van der Waals surface area contributed by atoms with Crippen molar-refractivity contribution in [2.75, 3.05) is 18.1 Å². The van der Waals surface area contributed by atoms with Gasteiger partial charge in [0.15, 0.2) is 15.4 Å². The van der Waals surface area contributed by atoms with Crippen LogP contribution in [0.15, 0.2) is 24.3 Å². The number of carbonyl (C=O) groups excluding carboxylic acids is 1. The molecule has 1 aromatic carbocycles. The Balaban J connectivity index is 2.16. The van der Waals surface area contributed by atoms with Crippen molar-refractivity contribution in [3.8, 4) is 5.75 Å². The van der Waals surface area contributed by atoms with E-state index in [0.29, 0.717) is 18.7 Å². The topological polar surface area (TPSA) is 63.7 Å². The van der Waals surface area contributed by atoms with E-state index in [1.165, 1.54) is 24.3 Å². The van der Waals surface area contributed by atoms with Gasteiger partial charge in [0, 0.05) is 12.6 Å². The first-order valence-electron chi connectivity index (χ1n) is 8.11. The Labute approximate surface area is 142 Å². The zero-order valence-electron chi connectivity index (χ0n) is 14.3. The van der Waals surface area contributed by atoms with Crippen molar-refractivity contribution in [1.82, 2.24) is 4.90 Å². The molecule has 1 saturated heterocycles. The Morgan fingerprint density at radius 2 is 1.96 bits per heavy atom. The lowest BCUT2D eigenvalue weighted by Gasteiger charge is -2.35. The molecule has 2 rings (SSSR count). The SMILES string of the molecule is CCCN(C(=O)C(C)(C)Oc1ccc(F)cc1)C1CCS(=O)(=O)C1. The van der Waals surface area contributed by atoms with Crippen LogP contribution in [0.5, 0.6) is 5.75 Å². The average Bonchev–Trinajstić information content (AvgIpc) is 2.86. The quantitative estimate of drug-likeness (QED) is 0.784. The number of rotatable bonds is 6. The Bertz CT molecular complexity index is 685. The molecule has 1 heterocycles. The average molecular weight is 357 g/mol. The number of carbonyl (C=O) groups is 1. The van der Waals surface area contributed by atoms with Gasteiger partial charge in [0.05, 0.1) is 11.5 Å². The predicted molar refractivity (Wildman–Crippen MR) is 90.2 cm³/mol. The highest BCUT2D eigenvalue weighted by Crippen LogP contribution is 2.25. The molecule has 5 nitrogen and oxygen atoms in total. The van der Waals surface area contributed by atoms with Crippen molar-refractivity contribution in [2.45, 2.75) is 45.3 Å². The normalized spacial score (nSPS) is 19.9. The lowest BCUT2D eigenvalue weighted by atomic mass is 10.0. The maximum absolute atomic E-state index is 13.0. The molecule has 1 unspecified atom stereocenters. The lowest BCUT2D eigenvalue weighted by molar-refractivity contribution is -0.147. The standard InChI is InChI=1S/C17H24FNO4S/c1-4-10-19(14-9-11-24(21,22)12-14)16(20)17(2,3)23-15-7-5-13(18)6-8-15/h5-8,14H,4,9-12H2,1-3H3. The number of ether oxygens (including phenoxy) is 1. The van der Waals surface area contributed by atoms with E-state index in [0.717, 1.165) is 6.42 Å². The summed E-state index contributed by atoms with van der Waals surface area (Å²) >= 11 is 0. The van der Waals surface area contributed by atoms with E-state index in [4.69, 9.17) is 4.74 Å². The van der Waals surface area contributed by atoms with E-state index >= 15 is 0 Å². The molecule has 0 radical (unpaired) electrons. The van der Waals surface area contributed by atoms with Crippen LogP contribution in [0.1, 0.15) is 33.6 Å². The molecule has 1 aliphatic rings. The zero-order chi connectivity index (χ0) is 18.0. The summed E-state index contributed by atoms with van der Waals surface area (Å²) in [6.45, 7) is 5.71. The molecular formula is C17H24FNO4S. The first-order chi connectivity index (χ1) is 11.1. The second kappa shape index (κ2) is 7.09. The summed E-state index contributed by atoms with van der Waals surface area (Å²) in [6, 6.07) is 5.16. The first kappa shape index (κ1) is 18.7. The molecule has 0 aromatic heterocycles. The van der Waals surface area contributed by atoms with Gasteiger partial charge in [-0.1, -0.05) is 6.92 Å². The predicted octanol–water partition coefficient (Wildman–Crippen LogP) is 2.41. The third-order valence-electron chi connectivity index (χ3n) is 4.08. The monoisotopic (exact) mass is 357 g/mol. The Hall–Kier alpha value is -1.63. The molecule has 0 aliphatic carbocycles. The summed E-state index contributed by atoms with van der Waals surface area (Å²) in [5.74, 6) is -0.119. The van der Waals surface area contributed by atoms with Gasteiger partial charge in [-0.3, -0.25) is 4.79 Å². The highest BCUT2D eigenvalue weighted by molar-refractivity contribution is 7.91. The summed E-state index contributed by atoms with van der Waals surface area (Å²) < 4.78 is 42.2. The number of halogens is 1. The van der Waals surface area contributed by atoms with E-state index in [1.807, 2.05) is 6.92 Å². The van der Waals surface area contributed by atoms with Crippen molar-refractivity contribution in [3.05, 3.63) is 30.1 Å². The number of amides is 1. The van der Waals surface area contributed by atoms with E-state index in [9.17, 15) is 17.6 Å². The van der Waals surface area contributed by atoms with E-state index in [-0.39, 0.29) is 29.3 Å². The van der Waals surface area contributed by atoms with Gasteiger partial charge < -0.3 is 9.64 Å². The molecule has 7 heteroatoms. The highest BCUT2D eigenvalue weighted by atomic mass is 32.2. The number of hydrogen-bond acceptors (Lipinski definition) is 4. The minimum atomic E-state index is -3.08. The molecule has 0 spiro atoms. The molecule has 1 amide bonds. The summed E-state index contributed by atoms with van der Waals surface area (Å²) in [5.41, 5.74) is -1.17. The Morgan fingerprint density at radius 3 is 2.46 bits per heavy atom. The third kappa shape index (κ3) is 4.47. The minimum absolute atomic E-state index is 0.00533. The molecule has 0 N–H and O–H groups in total. The van der Waals surface area contributed by atoms with Gasteiger partial charge in [-0.25, -0.2) is 12.8 Å². The first-order valence-corrected chi connectivity index (χ1v) is 9.93. The molecule has 0 saturated carbocycles. The Morgan fingerprint density at radius 1 is 1.33 bits per heavy atom. The van der Waals surface area contributed by atoms with Gasteiger partial charge in [0.2, 0.25) is 0 Å². The maximum Gasteiger partial charge on any atom is 0.266 e. The molecular weight excluding hydrogens is 333 g/mol. The van der Waals surface area contributed by atoms with Crippen LogP contribution in [0, 0.1) is 5.82 Å². The number of nitrogens with zero attached hydrogens (tertiary/aromatic N) is 1. The van der Waals surface area contributed by atoms with E-state index in [2.05, 4.69) is 0 Å². The van der Waals surface area contributed by atoms with Crippen molar-refractivity contribution in [1.29, 1.82) is 0 Å². The molecule has 1 atom stereocenters. The fourth-order valence-corrected chi connectivity index (χ4v) is 4.63. The van der Waals surface area contributed by atoms with E-state index < -0.39 is 15.4 Å². The van der Waals surface area contributed by atoms with Crippen molar-refractivity contribution in [3.63, 3.8) is 0 Å². The van der Waals surface area contributed by atoms with E-state index in [1.54, 1.807) is 18.7 Å². The number of hydrogen-bond donors (Lipinski definition) is 0. The zero-order valence-corrected chi connectivity index (χ0v) is 15.1. The second-order valence-corrected chi connectivity index (χ2v) is 8.85. The van der Waals surface area contributed by atoms with Gasteiger partial charge >= 0.3 is 0 Å². The number of sulfone groups is 1. The van der Waals surface area contributed by atoms with Crippen molar-refractivity contribution < 1.29 is 22.3 Å². The van der Waals surface area contributed by atoms with Crippen LogP contribution in [0.4, 0.5) is 4.39 Å². The van der Waals surface area contributed by atoms with Crippen LogP contribution >= 0.6 is 0 Å². The molecule has 24 heavy (non-hydrogen) atoms. The second-order valence-electron chi connectivity index (χ2n) is 6.62. The molecule has 0 bridgehead atoms. The molecule has 1 aromatic rings. The summed E-state index contributed by atoms with van der Waals surface area (Å²) in [5, 5.41) is 0. The fraction of sp³-hybridized carbons (Fsp3) is 0.588. The van der Waals surface area contributed by atoms with Crippen LogP contribution in [-0.4, -0.2) is 48.9 Å². The van der Waals surface area contributed by atoms with Crippen molar-refractivity contribution >= 4 is 15.7 Å². The van der Waals surface area contributed by atoms with Gasteiger partial charge in [-0.2, -0.15) is 0 Å². The third-order valence-corrected chi connectivity index (χ3v) is 5.83. The van der Waals surface area contributed by atoms with Gasteiger partial charge in [0.25, 0.3) is 5.91 Å². The summed E-state index contributed by atoms with van der Waals surface area (Å²) in [4.78, 5) is 14.6. The number of benzene rings is 1. The van der Waals surface area contributed by atoms with Gasteiger partial charge in [-0.05, 0) is 51.0 Å². The lowest BCUT2D eigenvalue weighted by Crippen LogP contribution is -2.53. The summed E-state index contributed by atoms with van der Waals surface area (Å²) in [7, 11) is -3.08. The molecule has 134 valence electrons. The highest BCUT2D eigenvalue weighted by Gasteiger charge is 2.40. The van der Waals surface area contributed by atoms with Crippen LogP contribution in [-0.2, 0) is 14.6 Å². The Kier molecular flexibility index (Phi) is 5.52. The fourth-order valence-electron chi connectivity index (χ4n) is 2.90. The van der Waals surface area contributed by atoms with Crippen LogP contribution < -0.4 is 4.74 Å². The van der Waals surface area contributed by atoms with Crippen LogP contribution in [0.3, 0.4) is 0 Å². The maximum atomic E-state index is 13.0. The molecule has 1 fully saturated rings. The minimum Gasteiger partial charge on any atom is -0.478 e. The van der Waals surface area contributed by atoms with Gasteiger partial charge in [-0.15, -0.1) is 0 Å². The van der Waals surface area contributed by atoms with Gasteiger partial charge in [0.1, 0.15) is 11.6 Å². The largest absolute Gasteiger partial charge is 0.478 e.